The lowest BCUT2D eigenvalue weighted by Gasteiger charge is -2.25. The van der Waals surface area contributed by atoms with Gasteiger partial charge in [-0.1, -0.05) is 18.6 Å². The summed E-state index contributed by atoms with van der Waals surface area (Å²) >= 11 is 1.45. The van der Waals surface area contributed by atoms with Crippen molar-refractivity contribution in [3.8, 4) is 6.07 Å². The Morgan fingerprint density at radius 3 is 2.79 bits per heavy atom. The number of amides is 2. The lowest BCUT2D eigenvalue weighted by molar-refractivity contribution is -0.124. The Morgan fingerprint density at radius 1 is 1.34 bits per heavy atom. The summed E-state index contributed by atoms with van der Waals surface area (Å²) in [6.45, 7) is -0.127. The standard InChI is InChI=1S/C21H23FN4O2S/c1-26(19(20(24)28)13-6-5-7-14(22)10-13)12-18(27)25-21-16(11-23)15-8-3-2-4-9-17(15)29-21/h5-7,10,19H,2-4,8-9,12H2,1H3,(H2,24,28)(H,25,27). The number of likely N-dealkylation sites (N-methyl/N-ethyl adjacent to an activating group) is 1. The Labute approximate surface area is 173 Å². The lowest BCUT2D eigenvalue weighted by Crippen LogP contribution is -2.39. The van der Waals surface area contributed by atoms with E-state index in [4.69, 9.17) is 5.73 Å². The van der Waals surface area contributed by atoms with Crippen molar-refractivity contribution in [1.29, 1.82) is 5.26 Å². The maximum absolute atomic E-state index is 13.5. The number of hydrogen-bond donors (Lipinski definition) is 2. The van der Waals surface area contributed by atoms with Crippen LogP contribution in [0.4, 0.5) is 9.39 Å². The van der Waals surface area contributed by atoms with Gasteiger partial charge in [0.25, 0.3) is 0 Å². The van der Waals surface area contributed by atoms with Crippen LogP contribution in [0.25, 0.3) is 0 Å². The smallest absolute Gasteiger partial charge is 0.239 e. The van der Waals surface area contributed by atoms with Gasteiger partial charge in [0, 0.05) is 4.88 Å². The highest BCUT2D eigenvalue weighted by atomic mass is 32.1. The molecule has 0 bridgehead atoms. The van der Waals surface area contributed by atoms with E-state index in [0.29, 0.717) is 16.1 Å². The number of nitrogens with two attached hydrogens (primary N) is 1. The highest BCUT2D eigenvalue weighted by Gasteiger charge is 2.26. The molecule has 152 valence electrons. The van der Waals surface area contributed by atoms with Gasteiger partial charge in [0.05, 0.1) is 12.1 Å². The van der Waals surface area contributed by atoms with Crippen molar-refractivity contribution in [2.75, 3.05) is 18.9 Å². The van der Waals surface area contributed by atoms with Gasteiger partial charge in [-0.25, -0.2) is 4.39 Å². The van der Waals surface area contributed by atoms with Crippen LogP contribution in [0, 0.1) is 17.1 Å². The van der Waals surface area contributed by atoms with E-state index in [2.05, 4.69) is 11.4 Å². The van der Waals surface area contributed by atoms with E-state index in [0.717, 1.165) is 42.5 Å². The molecule has 0 saturated carbocycles. The van der Waals surface area contributed by atoms with Crippen LogP contribution < -0.4 is 11.1 Å². The molecule has 1 unspecified atom stereocenters. The zero-order valence-corrected chi connectivity index (χ0v) is 17.0. The number of primary amides is 1. The Kier molecular flexibility index (Phi) is 6.62. The zero-order valence-electron chi connectivity index (χ0n) is 16.2. The van der Waals surface area contributed by atoms with Crippen molar-refractivity contribution in [3.63, 3.8) is 0 Å². The Balaban J connectivity index is 1.75. The molecular weight excluding hydrogens is 391 g/mol. The summed E-state index contributed by atoms with van der Waals surface area (Å²) in [4.78, 5) is 27.2. The summed E-state index contributed by atoms with van der Waals surface area (Å²) in [5.41, 5.74) is 7.47. The number of aryl methyl sites for hydroxylation is 1. The monoisotopic (exact) mass is 414 g/mol. The van der Waals surface area contributed by atoms with Crippen LogP contribution in [-0.2, 0) is 22.4 Å². The van der Waals surface area contributed by atoms with Crippen molar-refractivity contribution in [1.82, 2.24) is 4.90 Å². The highest BCUT2D eigenvalue weighted by molar-refractivity contribution is 7.16. The third-order valence-corrected chi connectivity index (χ3v) is 6.26. The topological polar surface area (TPSA) is 99.2 Å². The van der Waals surface area contributed by atoms with E-state index in [-0.39, 0.29) is 12.5 Å². The molecule has 2 amide bonds. The van der Waals surface area contributed by atoms with Crippen molar-refractivity contribution < 1.29 is 14.0 Å². The minimum Gasteiger partial charge on any atom is -0.368 e. The maximum Gasteiger partial charge on any atom is 0.239 e. The summed E-state index contributed by atoms with van der Waals surface area (Å²) in [6.07, 6.45) is 5.06. The Bertz CT molecular complexity index is 966. The predicted octanol–water partition coefficient (Wildman–Crippen LogP) is 3.12. The van der Waals surface area contributed by atoms with E-state index >= 15 is 0 Å². The van der Waals surface area contributed by atoms with Crippen LogP contribution in [0.5, 0.6) is 0 Å². The Hall–Kier alpha value is -2.76. The second kappa shape index (κ2) is 9.16. The second-order valence-corrected chi connectivity index (χ2v) is 8.31. The molecule has 3 N–H and O–H groups in total. The van der Waals surface area contributed by atoms with Gasteiger partial charge in [0.1, 0.15) is 22.9 Å². The van der Waals surface area contributed by atoms with E-state index in [1.807, 2.05) is 0 Å². The molecule has 3 rings (SSSR count). The van der Waals surface area contributed by atoms with Gasteiger partial charge < -0.3 is 11.1 Å². The van der Waals surface area contributed by atoms with Crippen molar-refractivity contribution >= 4 is 28.2 Å². The number of nitrogens with one attached hydrogen (secondary N) is 1. The van der Waals surface area contributed by atoms with Gasteiger partial charge in [0.2, 0.25) is 11.8 Å². The molecule has 6 nitrogen and oxygen atoms in total. The first-order valence-corrected chi connectivity index (χ1v) is 10.3. The molecule has 29 heavy (non-hydrogen) atoms. The van der Waals surface area contributed by atoms with E-state index in [9.17, 15) is 19.2 Å². The van der Waals surface area contributed by atoms with Crippen LogP contribution in [0.3, 0.4) is 0 Å². The normalized spacial score (nSPS) is 14.6. The van der Waals surface area contributed by atoms with Crippen LogP contribution in [0.1, 0.15) is 46.9 Å². The number of halogens is 1. The molecule has 1 aliphatic carbocycles. The quantitative estimate of drug-likeness (QED) is 0.710. The molecule has 2 aromatic rings. The van der Waals surface area contributed by atoms with Gasteiger partial charge >= 0.3 is 0 Å². The lowest BCUT2D eigenvalue weighted by atomic mass is 10.0. The molecular formula is C21H23FN4O2S. The molecule has 1 aliphatic rings. The number of anilines is 1. The third kappa shape index (κ3) is 4.81. The molecule has 0 fully saturated rings. The molecule has 1 aromatic carbocycles. The molecule has 0 aliphatic heterocycles. The molecule has 0 spiro atoms. The number of carbonyl (C=O) groups excluding carboxylic acids is 2. The zero-order chi connectivity index (χ0) is 21.0. The number of nitriles is 1. The van der Waals surface area contributed by atoms with Crippen LogP contribution >= 0.6 is 11.3 Å². The van der Waals surface area contributed by atoms with E-state index < -0.39 is 17.8 Å². The van der Waals surface area contributed by atoms with Crippen LogP contribution in [0.2, 0.25) is 0 Å². The number of thiophene rings is 1. The van der Waals surface area contributed by atoms with Gasteiger partial charge in [-0.05, 0) is 56.0 Å². The summed E-state index contributed by atoms with van der Waals surface area (Å²) in [5.74, 6) is -1.51. The first kappa shape index (κ1) is 21.0. The fourth-order valence-electron chi connectivity index (χ4n) is 3.75. The largest absolute Gasteiger partial charge is 0.368 e. The number of benzene rings is 1. The average Bonchev–Trinajstić information content (AvgIpc) is 2.81. The predicted molar refractivity (Wildman–Crippen MR) is 110 cm³/mol. The molecule has 8 heteroatoms. The van der Waals surface area contributed by atoms with E-state index in [1.165, 1.54) is 34.4 Å². The maximum atomic E-state index is 13.5. The van der Waals surface area contributed by atoms with Gasteiger partial charge in [-0.15, -0.1) is 11.3 Å². The van der Waals surface area contributed by atoms with Crippen molar-refractivity contribution in [2.45, 2.75) is 38.1 Å². The second-order valence-electron chi connectivity index (χ2n) is 7.20. The fraction of sp³-hybridized carbons (Fsp3) is 0.381. The molecule has 0 saturated heterocycles. The van der Waals surface area contributed by atoms with E-state index in [1.54, 1.807) is 13.1 Å². The SMILES string of the molecule is CN(CC(=O)Nc1sc2c(c1C#N)CCCCC2)C(C(N)=O)c1cccc(F)c1. The van der Waals surface area contributed by atoms with Crippen molar-refractivity contribution in [3.05, 3.63) is 51.7 Å². The van der Waals surface area contributed by atoms with Crippen LogP contribution in [-0.4, -0.2) is 30.3 Å². The minimum atomic E-state index is -0.938. The number of fused-ring (bicyclic) bond motifs is 1. The van der Waals surface area contributed by atoms with Gasteiger partial charge in [0.15, 0.2) is 0 Å². The Morgan fingerprint density at radius 2 is 2.10 bits per heavy atom. The summed E-state index contributed by atoms with van der Waals surface area (Å²) in [7, 11) is 1.58. The van der Waals surface area contributed by atoms with Gasteiger partial charge in [-0.2, -0.15) is 5.26 Å². The third-order valence-electron chi connectivity index (χ3n) is 5.05. The molecule has 0 radical (unpaired) electrons. The number of nitrogens with zero attached hydrogens (tertiary/aromatic N) is 2. The van der Waals surface area contributed by atoms with Crippen LogP contribution in [0.15, 0.2) is 24.3 Å². The molecule has 1 aromatic heterocycles. The first-order chi connectivity index (χ1) is 13.9. The number of hydrogen-bond acceptors (Lipinski definition) is 5. The highest BCUT2D eigenvalue weighted by Crippen LogP contribution is 2.37. The summed E-state index contributed by atoms with van der Waals surface area (Å²) < 4.78 is 13.5. The van der Waals surface area contributed by atoms with Crippen molar-refractivity contribution in [2.24, 2.45) is 5.73 Å². The summed E-state index contributed by atoms with van der Waals surface area (Å²) in [5, 5.41) is 13.0. The first-order valence-electron chi connectivity index (χ1n) is 9.50. The molecule has 1 atom stereocenters. The number of rotatable bonds is 6. The summed E-state index contributed by atoms with van der Waals surface area (Å²) in [6, 6.07) is 6.88. The fourth-order valence-corrected chi connectivity index (χ4v) is 5.00. The minimum absolute atomic E-state index is 0.127. The van der Waals surface area contributed by atoms with Gasteiger partial charge in [-0.3, -0.25) is 14.5 Å². The number of carbonyl (C=O) groups is 2. The average molecular weight is 415 g/mol. The molecule has 1 heterocycles.